The Morgan fingerprint density at radius 1 is 1.28 bits per heavy atom. The van der Waals surface area contributed by atoms with Gasteiger partial charge in [0.25, 0.3) is 11.1 Å². The third kappa shape index (κ3) is 5.11. The number of piperazine rings is 1. The molecule has 3 aromatic rings. The van der Waals surface area contributed by atoms with E-state index in [4.69, 9.17) is 16.3 Å². The van der Waals surface area contributed by atoms with Crippen molar-refractivity contribution in [2.75, 3.05) is 29.9 Å². The molecule has 1 aromatic carbocycles. The first-order valence-corrected chi connectivity index (χ1v) is 10.7. The largest absolute Gasteiger partial charge is 0.464 e. The lowest BCUT2D eigenvalue weighted by atomic mass is 10.2. The first-order valence-electron chi connectivity index (χ1n) is 9.47. The number of nitrogens with one attached hydrogen (secondary N) is 2. The predicted molar refractivity (Wildman–Crippen MR) is 118 cm³/mol. The van der Waals surface area contributed by atoms with E-state index in [-0.39, 0.29) is 41.3 Å². The average molecular weight is 470 g/mol. The van der Waals surface area contributed by atoms with Crippen LogP contribution in [0.15, 0.2) is 36.4 Å². The molecule has 1 fully saturated rings. The van der Waals surface area contributed by atoms with Gasteiger partial charge in [-0.2, -0.15) is 5.26 Å². The van der Waals surface area contributed by atoms with Gasteiger partial charge in [0.2, 0.25) is 11.0 Å². The third-order valence-electron chi connectivity index (χ3n) is 4.47. The molecule has 0 spiro atoms. The lowest BCUT2D eigenvalue weighted by molar-refractivity contribution is -0.120. The molecule has 1 aliphatic rings. The number of rotatable bonds is 6. The van der Waals surface area contributed by atoms with E-state index in [9.17, 15) is 14.9 Å². The molecular weight excluding hydrogens is 454 g/mol. The van der Waals surface area contributed by atoms with Gasteiger partial charge in [-0.05, 0) is 41.2 Å². The molecule has 4 rings (SSSR count). The van der Waals surface area contributed by atoms with Crippen LogP contribution in [0.4, 0.5) is 10.9 Å². The smallest absolute Gasteiger partial charge is 0.296 e. The Balaban J connectivity index is 1.46. The van der Waals surface area contributed by atoms with Crippen LogP contribution in [0.5, 0.6) is 5.19 Å². The minimum Gasteiger partial charge on any atom is -0.464 e. The molecule has 0 saturated carbocycles. The zero-order valence-corrected chi connectivity index (χ0v) is 18.1. The molecule has 0 radical (unpaired) electrons. The van der Waals surface area contributed by atoms with Gasteiger partial charge in [-0.3, -0.25) is 14.9 Å². The minimum absolute atomic E-state index is 0.0453. The van der Waals surface area contributed by atoms with Crippen LogP contribution in [-0.2, 0) is 11.4 Å². The Labute approximate surface area is 191 Å². The lowest BCUT2D eigenvalue weighted by Gasteiger charge is -2.28. The zero-order valence-electron chi connectivity index (χ0n) is 16.5. The number of halogens is 1. The fraction of sp³-hybridized carbons (Fsp3) is 0.200. The highest BCUT2D eigenvalue weighted by Crippen LogP contribution is 2.26. The highest BCUT2D eigenvalue weighted by atomic mass is 35.5. The van der Waals surface area contributed by atoms with Crippen molar-refractivity contribution in [3.63, 3.8) is 0 Å². The van der Waals surface area contributed by atoms with E-state index in [0.29, 0.717) is 23.3 Å². The number of ether oxygens (including phenoxy) is 1. The first-order chi connectivity index (χ1) is 15.5. The van der Waals surface area contributed by atoms with E-state index in [1.807, 2.05) is 18.2 Å². The number of nitrogens with zero attached hydrogens (tertiary/aromatic N) is 5. The molecular formula is C20H16ClN7O3S. The Morgan fingerprint density at radius 3 is 2.84 bits per heavy atom. The number of anilines is 2. The zero-order chi connectivity index (χ0) is 22.5. The molecule has 3 heterocycles. The number of hydrogen-bond donors (Lipinski definition) is 2. The maximum absolute atomic E-state index is 12.9. The Kier molecular flexibility index (Phi) is 6.44. The summed E-state index contributed by atoms with van der Waals surface area (Å²) in [5, 5.41) is 23.6. The Hall–Kier alpha value is -3.75. The van der Waals surface area contributed by atoms with Crippen molar-refractivity contribution in [2.24, 2.45) is 0 Å². The summed E-state index contributed by atoms with van der Waals surface area (Å²) < 4.78 is 5.61. The molecule has 2 aromatic heterocycles. The predicted octanol–water partition coefficient (Wildman–Crippen LogP) is 2.23. The molecule has 0 aliphatic carbocycles. The molecule has 0 unspecified atom stereocenters. The molecule has 162 valence electrons. The Morgan fingerprint density at radius 2 is 2.09 bits per heavy atom. The number of aromatic nitrogens is 3. The van der Waals surface area contributed by atoms with E-state index >= 15 is 0 Å². The summed E-state index contributed by atoms with van der Waals surface area (Å²) in [4.78, 5) is 30.6. The second-order valence-corrected chi connectivity index (χ2v) is 8.07. The van der Waals surface area contributed by atoms with Crippen LogP contribution >= 0.6 is 22.9 Å². The topological polar surface area (TPSA) is 133 Å². The number of hydrogen-bond acceptors (Lipinski definition) is 9. The van der Waals surface area contributed by atoms with E-state index in [2.05, 4.69) is 25.8 Å². The van der Waals surface area contributed by atoms with Gasteiger partial charge in [-0.25, -0.2) is 4.98 Å². The van der Waals surface area contributed by atoms with Gasteiger partial charge in [-0.15, -0.1) is 5.10 Å². The molecule has 0 bridgehead atoms. The summed E-state index contributed by atoms with van der Waals surface area (Å²) in [6.45, 7) is 1.21. The molecule has 1 saturated heterocycles. The highest BCUT2D eigenvalue weighted by molar-refractivity contribution is 7.17. The third-order valence-corrected chi connectivity index (χ3v) is 5.48. The van der Waals surface area contributed by atoms with Crippen LogP contribution in [0.3, 0.4) is 0 Å². The van der Waals surface area contributed by atoms with Crippen molar-refractivity contribution in [1.82, 2.24) is 20.5 Å². The van der Waals surface area contributed by atoms with Crippen molar-refractivity contribution < 1.29 is 14.3 Å². The van der Waals surface area contributed by atoms with Crippen LogP contribution in [-0.4, -0.2) is 46.6 Å². The average Bonchev–Trinajstić information content (AvgIpc) is 3.25. The summed E-state index contributed by atoms with van der Waals surface area (Å²) in [5.41, 5.74) is 1.28. The van der Waals surface area contributed by atoms with Gasteiger partial charge in [0, 0.05) is 18.1 Å². The maximum atomic E-state index is 12.9. The monoisotopic (exact) mass is 469 g/mol. The fourth-order valence-corrected chi connectivity index (χ4v) is 3.67. The van der Waals surface area contributed by atoms with Crippen molar-refractivity contribution in [3.05, 3.63) is 58.2 Å². The van der Waals surface area contributed by atoms with Gasteiger partial charge in [-0.1, -0.05) is 28.8 Å². The second kappa shape index (κ2) is 9.59. The lowest BCUT2D eigenvalue weighted by Crippen LogP contribution is -2.48. The van der Waals surface area contributed by atoms with E-state index < -0.39 is 5.91 Å². The number of amides is 2. The number of carbonyl (C=O) groups is 2. The number of carbonyl (C=O) groups excluding carboxylic acids is 2. The van der Waals surface area contributed by atoms with Crippen LogP contribution in [0.1, 0.15) is 21.6 Å². The summed E-state index contributed by atoms with van der Waals surface area (Å²) >= 11 is 6.95. The molecule has 2 amide bonds. The first kappa shape index (κ1) is 21.5. The SMILES string of the molecule is N#Cc1ccc(C(=O)Nc2nnc(OCc3ccc(Cl)cc3)s2)c(N2CCNC(=O)C2)n1. The standard InChI is InChI=1S/C20H16ClN7O3S/c21-13-3-1-12(2-4-13)11-31-20-27-26-19(32-20)25-18(30)15-6-5-14(9-22)24-17(15)28-8-7-23-16(29)10-28/h1-6H,7-8,10-11H2,(H,23,29)(H,25,26,30). The van der Waals surface area contributed by atoms with E-state index in [1.54, 1.807) is 17.0 Å². The van der Waals surface area contributed by atoms with E-state index in [1.165, 1.54) is 12.1 Å². The van der Waals surface area contributed by atoms with Gasteiger partial charge in [0.05, 0.1) is 12.1 Å². The van der Waals surface area contributed by atoms with Gasteiger partial charge in [0.15, 0.2) is 0 Å². The van der Waals surface area contributed by atoms with Crippen molar-refractivity contribution >= 4 is 45.7 Å². The van der Waals surface area contributed by atoms with Crippen LogP contribution in [0.2, 0.25) is 5.02 Å². The molecule has 2 N–H and O–H groups in total. The summed E-state index contributed by atoms with van der Waals surface area (Å²) in [7, 11) is 0. The summed E-state index contributed by atoms with van der Waals surface area (Å²) in [6, 6.07) is 12.1. The highest BCUT2D eigenvalue weighted by Gasteiger charge is 2.24. The number of nitriles is 1. The fourth-order valence-electron chi connectivity index (χ4n) is 2.96. The van der Waals surface area contributed by atoms with Crippen LogP contribution in [0.25, 0.3) is 0 Å². The number of benzene rings is 1. The van der Waals surface area contributed by atoms with Crippen molar-refractivity contribution in [1.29, 1.82) is 5.26 Å². The van der Waals surface area contributed by atoms with Crippen LogP contribution in [0, 0.1) is 11.3 Å². The number of pyridine rings is 1. The van der Waals surface area contributed by atoms with Crippen molar-refractivity contribution in [2.45, 2.75) is 6.61 Å². The normalized spacial score (nSPS) is 13.2. The maximum Gasteiger partial charge on any atom is 0.296 e. The van der Waals surface area contributed by atoms with Gasteiger partial charge in [0.1, 0.15) is 24.2 Å². The van der Waals surface area contributed by atoms with Crippen LogP contribution < -0.4 is 20.3 Å². The molecule has 1 aliphatic heterocycles. The van der Waals surface area contributed by atoms with E-state index in [0.717, 1.165) is 16.9 Å². The molecule has 32 heavy (non-hydrogen) atoms. The molecule has 12 heteroatoms. The molecule has 0 atom stereocenters. The quantitative estimate of drug-likeness (QED) is 0.561. The van der Waals surface area contributed by atoms with Gasteiger partial charge >= 0.3 is 0 Å². The Bertz CT molecular complexity index is 1190. The van der Waals surface area contributed by atoms with Gasteiger partial charge < -0.3 is 15.0 Å². The summed E-state index contributed by atoms with van der Waals surface area (Å²) in [6.07, 6.45) is 0. The van der Waals surface area contributed by atoms with Crippen molar-refractivity contribution in [3.8, 4) is 11.3 Å². The minimum atomic E-state index is -0.483. The summed E-state index contributed by atoms with van der Waals surface area (Å²) in [5.74, 6) is -0.401. The molecule has 10 nitrogen and oxygen atoms in total. The second-order valence-electron chi connectivity index (χ2n) is 6.69.